The number of ether oxygens (including phenoxy) is 1. The first-order chi connectivity index (χ1) is 6.74. The van der Waals surface area contributed by atoms with Gasteiger partial charge in [-0.15, -0.1) is 0 Å². The van der Waals surface area contributed by atoms with Crippen LogP contribution in [0.2, 0.25) is 0 Å². The van der Waals surface area contributed by atoms with Crippen molar-refractivity contribution < 1.29 is 14.6 Å². The molecule has 6 heteroatoms. The van der Waals surface area contributed by atoms with Crippen LogP contribution in [0.4, 0.5) is 0 Å². The fourth-order valence-electron chi connectivity index (χ4n) is 0.939. The van der Waals surface area contributed by atoms with E-state index in [2.05, 4.69) is 15.5 Å². The molecule has 1 heterocycles. The second-order valence-electron chi connectivity index (χ2n) is 2.81. The molecule has 0 fully saturated rings. The number of nitrogens with zero attached hydrogens (tertiary/aromatic N) is 1. The van der Waals surface area contributed by atoms with E-state index in [0.717, 1.165) is 0 Å². The SMILES string of the molecule is COCC(O)CNC(=O)c1cn[nH]c1. The lowest BCUT2D eigenvalue weighted by molar-refractivity contribution is 0.0610. The Morgan fingerprint density at radius 3 is 3.21 bits per heavy atom. The number of hydrogen-bond acceptors (Lipinski definition) is 4. The number of rotatable bonds is 5. The molecule has 0 aliphatic carbocycles. The van der Waals surface area contributed by atoms with E-state index < -0.39 is 6.10 Å². The molecule has 1 amide bonds. The van der Waals surface area contributed by atoms with E-state index in [1.54, 1.807) is 0 Å². The summed E-state index contributed by atoms with van der Waals surface area (Å²) in [7, 11) is 1.49. The molecule has 0 saturated carbocycles. The number of aromatic amines is 1. The van der Waals surface area contributed by atoms with Crippen LogP contribution in [0.1, 0.15) is 10.4 Å². The third-order valence-electron chi connectivity index (χ3n) is 1.62. The van der Waals surface area contributed by atoms with Gasteiger partial charge in [-0.1, -0.05) is 0 Å². The van der Waals surface area contributed by atoms with Crippen LogP contribution in [0.15, 0.2) is 12.4 Å². The monoisotopic (exact) mass is 199 g/mol. The molecule has 14 heavy (non-hydrogen) atoms. The van der Waals surface area contributed by atoms with Gasteiger partial charge in [-0.2, -0.15) is 5.10 Å². The average molecular weight is 199 g/mol. The molecular formula is C8H13N3O3. The summed E-state index contributed by atoms with van der Waals surface area (Å²) < 4.78 is 4.71. The molecule has 0 aromatic carbocycles. The quantitative estimate of drug-likeness (QED) is 0.576. The molecule has 0 saturated heterocycles. The maximum absolute atomic E-state index is 11.3. The van der Waals surface area contributed by atoms with E-state index in [9.17, 15) is 9.90 Å². The van der Waals surface area contributed by atoms with Gasteiger partial charge in [0, 0.05) is 19.9 Å². The predicted octanol–water partition coefficient (Wildman–Crippen LogP) is -0.853. The third kappa shape index (κ3) is 3.15. The molecular weight excluding hydrogens is 186 g/mol. The summed E-state index contributed by atoms with van der Waals surface area (Å²) in [6.45, 7) is 0.365. The van der Waals surface area contributed by atoms with Gasteiger partial charge in [0.2, 0.25) is 0 Å². The Labute approximate surface area is 81.3 Å². The number of carbonyl (C=O) groups excluding carboxylic acids is 1. The summed E-state index contributed by atoms with van der Waals surface area (Å²) in [4.78, 5) is 11.3. The van der Waals surface area contributed by atoms with Crippen molar-refractivity contribution in [2.45, 2.75) is 6.10 Å². The van der Waals surface area contributed by atoms with Gasteiger partial charge in [0.05, 0.1) is 24.5 Å². The van der Waals surface area contributed by atoms with Crippen molar-refractivity contribution in [3.63, 3.8) is 0 Å². The van der Waals surface area contributed by atoms with Crippen LogP contribution >= 0.6 is 0 Å². The standard InChI is InChI=1S/C8H13N3O3/c1-14-5-7(12)4-9-8(13)6-2-10-11-3-6/h2-3,7,12H,4-5H2,1H3,(H,9,13)(H,10,11). The summed E-state index contributed by atoms with van der Waals surface area (Å²) in [5, 5.41) is 17.9. The van der Waals surface area contributed by atoms with Gasteiger partial charge in [0.15, 0.2) is 0 Å². The number of hydrogen-bond donors (Lipinski definition) is 3. The summed E-state index contributed by atoms with van der Waals surface area (Å²) >= 11 is 0. The van der Waals surface area contributed by atoms with Gasteiger partial charge < -0.3 is 15.2 Å². The van der Waals surface area contributed by atoms with Crippen molar-refractivity contribution >= 4 is 5.91 Å². The Kier molecular flexibility index (Phi) is 4.09. The topological polar surface area (TPSA) is 87.2 Å². The lowest BCUT2D eigenvalue weighted by Gasteiger charge is -2.09. The van der Waals surface area contributed by atoms with Crippen LogP contribution in [-0.4, -0.2) is 47.6 Å². The Morgan fingerprint density at radius 2 is 2.64 bits per heavy atom. The van der Waals surface area contributed by atoms with E-state index >= 15 is 0 Å². The molecule has 0 aliphatic rings. The molecule has 0 spiro atoms. The first-order valence-electron chi connectivity index (χ1n) is 4.18. The molecule has 1 atom stereocenters. The van der Waals surface area contributed by atoms with Gasteiger partial charge in [-0.25, -0.2) is 0 Å². The zero-order valence-electron chi connectivity index (χ0n) is 7.86. The highest BCUT2D eigenvalue weighted by Gasteiger charge is 2.08. The van der Waals surface area contributed by atoms with Crippen LogP contribution in [-0.2, 0) is 4.74 Å². The molecule has 1 aromatic rings. The minimum Gasteiger partial charge on any atom is -0.389 e. The summed E-state index contributed by atoms with van der Waals surface area (Å²) in [5.74, 6) is -0.270. The minimum absolute atomic E-state index is 0.165. The number of aromatic nitrogens is 2. The lowest BCUT2D eigenvalue weighted by Crippen LogP contribution is -2.34. The highest BCUT2D eigenvalue weighted by Crippen LogP contribution is 1.92. The molecule has 6 nitrogen and oxygen atoms in total. The average Bonchev–Trinajstić information content (AvgIpc) is 2.67. The molecule has 3 N–H and O–H groups in total. The maximum atomic E-state index is 11.3. The fraction of sp³-hybridized carbons (Fsp3) is 0.500. The normalized spacial score (nSPS) is 12.4. The zero-order valence-corrected chi connectivity index (χ0v) is 7.86. The van der Waals surface area contributed by atoms with Crippen molar-refractivity contribution in [2.75, 3.05) is 20.3 Å². The van der Waals surface area contributed by atoms with Gasteiger partial charge in [-0.05, 0) is 0 Å². The third-order valence-corrected chi connectivity index (χ3v) is 1.62. The Hall–Kier alpha value is -1.40. The van der Waals surface area contributed by atoms with Crippen LogP contribution in [0.3, 0.4) is 0 Å². The molecule has 0 aliphatic heterocycles. The van der Waals surface area contributed by atoms with E-state index in [1.165, 1.54) is 19.5 Å². The highest BCUT2D eigenvalue weighted by atomic mass is 16.5. The van der Waals surface area contributed by atoms with Crippen molar-refractivity contribution in [3.05, 3.63) is 18.0 Å². The van der Waals surface area contributed by atoms with Crippen LogP contribution in [0.5, 0.6) is 0 Å². The number of nitrogens with one attached hydrogen (secondary N) is 2. The van der Waals surface area contributed by atoms with E-state index in [-0.39, 0.29) is 19.1 Å². The van der Waals surface area contributed by atoms with Crippen LogP contribution in [0.25, 0.3) is 0 Å². The summed E-state index contributed by atoms with van der Waals surface area (Å²) in [5.41, 5.74) is 0.439. The smallest absolute Gasteiger partial charge is 0.254 e. The number of methoxy groups -OCH3 is 1. The second-order valence-corrected chi connectivity index (χ2v) is 2.81. The Balaban J connectivity index is 2.28. The van der Waals surface area contributed by atoms with Crippen molar-refractivity contribution in [1.29, 1.82) is 0 Å². The number of aliphatic hydroxyl groups excluding tert-OH is 1. The first kappa shape index (κ1) is 10.7. The van der Waals surface area contributed by atoms with Crippen molar-refractivity contribution in [3.8, 4) is 0 Å². The van der Waals surface area contributed by atoms with Gasteiger partial charge in [0.1, 0.15) is 0 Å². The minimum atomic E-state index is -0.684. The zero-order chi connectivity index (χ0) is 10.4. The van der Waals surface area contributed by atoms with Gasteiger partial charge in [0.25, 0.3) is 5.91 Å². The van der Waals surface area contributed by atoms with Crippen LogP contribution in [0, 0.1) is 0 Å². The number of aliphatic hydroxyl groups is 1. The predicted molar refractivity (Wildman–Crippen MR) is 48.8 cm³/mol. The van der Waals surface area contributed by atoms with Gasteiger partial charge >= 0.3 is 0 Å². The number of H-pyrrole nitrogens is 1. The molecule has 78 valence electrons. The van der Waals surface area contributed by atoms with Crippen molar-refractivity contribution in [1.82, 2.24) is 15.5 Å². The Bertz CT molecular complexity index is 273. The number of amides is 1. The largest absolute Gasteiger partial charge is 0.389 e. The van der Waals surface area contributed by atoms with Crippen molar-refractivity contribution in [2.24, 2.45) is 0 Å². The lowest BCUT2D eigenvalue weighted by atomic mass is 10.3. The number of carbonyl (C=O) groups is 1. The second kappa shape index (κ2) is 5.36. The molecule has 1 unspecified atom stereocenters. The highest BCUT2D eigenvalue weighted by molar-refractivity contribution is 5.93. The Morgan fingerprint density at radius 1 is 1.86 bits per heavy atom. The van der Waals surface area contributed by atoms with Gasteiger partial charge in [-0.3, -0.25) is 9.89 Å². The van der Waals surface area contributed by atoms with E-state index in [0.29, 0.717) is 5.56 Å². The van der Waals surface area contributed by atoms with E-state index in [4.69, 9.17) is 4.74 Å². The van der Waals surface area contributed by atoms with E-state index in [1.807, 2.05) is 0 Å². The molecule has 1 aromatic heterocycles. The van der Waals surface area contributed by atoms with Crippen LogP contribution < -0.4 is 5.32 Å². The molecule has 0 radical (unpaired) electrons. The maximum Gasteiger partial charge on any atom is 0.254 e. The fourth-order valence-corrected chi connectivity index (χ4v) is 0.939. The molecule has 1 rings (SSSR count). The molecule has 0 bridgehead atoms. The summed E-state index contributed by atoms with van der Waals surface area (Å²) in [6.07, 6.45) is 2.21. The summed E-state index contributed by atoms with van der Waals surface area (Å²) in [6, 6.07) is 0. The first-order valence-corrected chi connectivity index (χ1v) is 4.18.